The Hall–Kier alpha value is -2.20. The summed E-state index contributed by atoms with van der Waals surface area (Å²) in [5, 5.41) is 14.9. The van der Waals surface area contributed by atoms with Gasteiger partial charge in [0.2, 0.25) is 5.91 Å². The fraction of sp³-hybridized carbons (Fsp3) is 0.455. The fourth-order valence-corrected chi connectivity index (χ4v) is 1.73. The smallest absolute Gasteiger partial charge is 0.242 e. The van der Waals surface area contributed by atoms with Gasteiger partial charge < -0.3 is 15.5 Å². The Bertz CT molecular complexity index is 463. The maximum Gasteiger partial charge on any atom is 0.242 e. The van der Waals surface area contributed by atoms with Gasteiger partial charge in [-0.1, -0.05) is 0 Å². The molecule has 0 spiro atoms. The van der Waals surface area contributed by atoms with E-state index in [2.05, 4.69) is 20.6 Å². The molecule has 0 saturated carbocycles. The first-order chi connectivity index (χ1) is 8.81. The highest BCUT2D eigenvalue weighted by atomic mass is 16.2. The summed E-state index contributed by atoms with van der Waals surface area (Å²) < 4.78 is 0. The molecule has 7 nitrogen and oxygen atoms in total. The average Bonchev–Trinajstić information content (AvgIpc) is 2.46. The number of aromatic nitrogens is 2. The highest BCUT2D eigenvalue weighted by molar-refractivity contribution is 5.81. The van der Waals surface area contributed by atoms with Crippen LogP contribution in [0.15, 0.2) is 12.4 Å². The predicted molar refractivity (Wildman–Crippen MR) is 64.7 cm³/mol. The van der Waals surface area contributed by atoms with Crippen molar-refractivity contribution in [1.82, 2.24) is 20.2 Å². The number of anilines is 1. The Morgan fingerprint density at radius 3 is 2.89 bits per heavy atom. The van der Waals surface area contributed by atoms with Crippen LogP contribution in [0.2, 0.25) is 0 Å². The van der Waals surface area contributed by atoms with Crippen molar-refractivity contribution in [2.45, 2.75) is 0 Å². The monoisotopic (exact) mass is 246 g/mol. The van der Waals surface area contributed by atoms with Gasteiger partial charge in [-0.2, -0.15) is 5.26 Å². The van der Waals surface area contributed by atoms with E-state index in [4.69, 9.17) is 5.26 Å². The van der Waals surface area contributed by atoms with Crippen LogP contribution in [0, 0.1) is 11.3 Å². The summed E-state index contributed by atoms with van der Waals surface area (Å²) in [4.78, 5) is 21.5. The van der Waals surface area contributed by atoms with Crippen LogP contribution in [0.4, 0.5) is 5.82 Å². The number of carbonyl (C=O) groups is 1. The van der Waals surface area contributed by atoms with Gasteiger partial charge in [0, 0.05) is 38.6 Å². The molecular weight excluding hydrogens is 232 g/mol. The van der Waals surface area contributed by atoms with Gasteiger partial charge in [0.25, 0.3) is 0 Å². The molecule has 2 rings (SSSR count). The molecule has 0 aliphatic carbocycles. The van der Waals surface area contributed by atoms with Crippen molar-refractivity contribution in [3.05, 3.63) is 18.1 Å². The van der Waals surface area contributed by atoms with Crippen LogP contribution in [0.25, 0.3) is 0 Å². The summed E-state index contributed by atoms with van der Waals surface area (Å²) in [5.74, 6) is 0.356. The largest absolute Gasteiger partial charge is 0.359 e. The highest BCUT2D eigenvalue weighted by Gasteiger charge is 2.16. The molecule has 1 fully saturated rings. The summed E-state index contributed by atoms with van der Waals surface area (Å²) in [6.07, 6.45) is 2.93. The molecule has 2 heterocycles. The van der Waals surface area contributed by atoms with Crippen LogP contribution >= 0.6 is 0 Å². The zero-order chi connectivity index (χ0) is 12.8. The molecule has 1 aliphatic heterocycles. The summed E-state index contributed by atoms with van der Waals surface area (Å²) in [6, 6.07) is 1.93. The lowest BCUT2D eigenvalue weighted by Crippen LogP contribution is -2.48. The lowest BCUT2D eigenvalue weighted by molar-refractivity contribution is -0.129. The minimum Gasteiger partial charge on any atom is -0.359 e. The predicted octanol–water partition coefficient (Wildman–Crippen LogP) is -0.808. The normalized spacial score (nSPS) is 14.9. The molecule has 0 radical (unpaired) electrons. The first-order valence-electron chi connectivity index (χ1n) is 5.74. The van der Waals surface area contributed by atoms with Gasteiger partial charge in [-0.05, 0) is 0 Å². The van der Waals surface area contributed by atoms with E-state index in [1.54, 1.807) is 4.90 Å². The molecule has 0 aromatic carbocycles. The standard InChI is InChI=1S/C11H14N6O/c12-7-9-11(15-2-1-14-9)16-8-10(18)17-5-3-13-4-6-17/h1-2,13H,3-6,8H2,(H,15,16). The number of piperazine rings is 1. The van der Waals surface area contributed by atoms with Gasteiger partial charge in [-0.15, -0.1) is 0 Å². The number of hydrogen-bond acceptors (Lipinski definition) is 6. The molecule has 1 aromatic rings. The van der Waals surface area contributed by atoms with Crippen LogP contribution < -0.4 is 10.6 Å². The van der Waals surface area contributed by atoms with E-state index in [1.165, 1.54) is 12.4 Å². The number of hydrogen-bond donors (Lipinski definition) is 2. The third-order valence-corrected chi connectivity index (χ3v) is 2.68. The molecule has 2 N–H and O–H groups in total. The second-order valence-corrected chi connectivity index (χ2v) is 3.85. The molecule has 1 aromatic heterocycles. The van der Waals surface area contributed by atoms with Crippen molar-refractivity contribution in [3.8, 4) is 6.07 Å². The van der Waals surface area contributed by atoms with Crippen LogP contribution in [0.1, 0.15) is 5.69 Å². The van der Waals surface area contributed by atoms with Gasteiger partial charge in [0.05, 0.1) is 6.54 Å². The first-order valence-corrected chi connectivity index (χ1v) is 5.74. The highest BCUT2D eigenvalue weighted by Crippen LogP contribution is 2.06. The van der Waals surface area contributed by atoms with E-state index in [-0.39, 0.29) is 18.1 Å². The summed E-state index contributed by atoms with van der Waals surface area (Å²) in [6.45, 7) is 3.20. The van der Waals surface area contributed by atoms with Crippen molar-refractivity contribution in [2.75, 3.05) is 38.0 Å². The maximum atomic E-state index is 11.9. The third-order valence-electron chi connectivity index (χ3n) is 2.68. The number of nitrogens with zero attached hydrogens (tertiary/aromatic N) is 4. The van der Waals surface area contributed by atoms with Crippen LogP contribution in [0.5, 0.6) is 0 Å². The first kappa shape index (κ1) is 12.3. The average molecular weight is 246 g/mol. The van der Waals surface area contributed by atoms with Gasteiger partial charge >= 0.3 is 0 Å². The van der Waals surface area contributed by atoms with E-state index >= 15 is 0 Å². The van der Waals surface area contributed by atoms with Gasteiger partial charge in [0.1, 0.15) is 6.07 Å². The van der Waals surface area contributed by atoms with Gasteiger partial charge in [0.15, 0.2) is 11.5 Å². The molecule has 1 amide bonds. The lowest BCUT2D eigenvalue weighted by atomic mass is 10.3. The number of carbonyl (C=O) groups excluding carboxylic acids is 1. The third kappa shape index (κ3) is 2.93. The zero-order valence-corrected chi connectivity index (χ0v) is 9.89. The summed E-state index contributed by atoms with van der Waals surface area (Å²) in [5.41, 5.74) is 0.200. The van der Waals surface area contributed by atoms with Crippen molar-refractivity contribution in [2.24, 2.45) is 0 Å². The van der Waals surface area contributed by atoms with E-state index < -0.39 is 0 Å². The molecule has 1 aliphatic rings. The molecule has 7 heteroatoms. The summed E-state index contributed by atoms with van der Waals surface area (Å²) in [7, 11) is 0. The molecule has 1 saturated heterocycles. The van der Waals surface area contributed by atoms with E-state index in [0.29, 0.717) is 18.9 Å². The van der Waals surface area contributed by atoms with Gasteiger partial charge in [-0.25, -0.2) is 9.97 Å². The van der Waals surface area contributed by atoms with Crippen molar-refractivity contribution >= 4 is 11.7 Å². The number of nitriles is 1. The molecule has 0 unspecified atom stereocenters. The van der Waals surface area contributed by atoms with Gasteiger partial charge in [-0.3, -0.25) is 4.79 Å². The van der Waals surface area contributed by atoms with Crippen molar-refractivity contribution in [3.63, 3.8) is 0 Å². The van der Waals surface area contributed by atoms with Crippen molar-refractivity contribution < 1.29 is 4.79 Å². The number of nitrogens with one attached hydrogen (secondary N) is 2. The Balaban J connectivity index is 1.91. The Kier molecular flexibility index (Phi) is 4.04. The number of rotatable bonds is 3. The fourth-order valence-electron chi connectivity index (χ4n) is 1.73. The molecule has 18 heavy (non-hydrogen) atoms. The molecule has 0 bridgehead atoms. The van der Waals surface area contributed by atoms with Crippen LogP contribution in [-0.2, 0) is 4.79 Å². The van der Waals surface area contributed by atoms with E-state index in [1.807, 2.05) is 6.07 Å². The Labute approximate surface area is 105 Å². The SMILES string of the molecule is N#Cc1nccnc1NCC(=O)N1CCNCC1. The summed E-state index contributed by atoms with van der Waals surface area (Å²) >= 11 is 0. The second-order valence-electron chi connectivity index (χ2n) is 3.85. The Morgan fingerprint density at radius 2 is 2.17 bits per heavy atom. The minimum absolute atomic E-state index is 0.00560. The number of amides is 1. The van der Waals surface area contributed by atoms with E-state index in [0.717, 1.165) is 13.1 Å². The molecular formula is C11H14N6O. The molecule has 0 atom stereocenters. The van der Waals surface area contributed by atoms with Crippen LogP contribution in [0.3, 0.4) is 0 Å². The molecule has 94 valence electrons. The minimum atomic E-state index is 0.00560. The second kappa shape index (κ2) is 5.93. The lowest BCUT2D eigenvalue weighted by Gasteiger charge is -2.27. The quantitative estimate of drug-likeness (QED) is 0.724. The topological polar surface area (TPSA) is 93.9 Å². The Morgan fingerprint density at radius 1 is 1.44 bits per heavy atom. The van der Waals surface area contributed by atoms with Crippen molar-refractivity contribution in [1.29, 1.82) is 5.26 Å². The zero-order valence-electron chi connectivity index (χ0n) is 9.89. The van der Waals surface area contributed by atoms with E-state index in [9.17, 15) is 4.79 Å². The maximum absolute atomic E-state index is 11.9. The van der Waals surface area contributed by atoms with Crippen LogP contribution in [-0.4, -0.2) is 53.5 Å².